The molecular weight excluding hydrogens is 449 g/mol. The van der Waals surface area contributed by atoms with E-state index in [4.69, 9.17) is 19.5 Å². The van der Waals surface area contributed by atoms with Gasteiger partial charge >= 0.3 is 13.6 Å². The lowest BCUT2D eigenvalue weighted by Crippen LogP contribution is -2.36. The molecule has 0 bridgehead atoms. The van der Waals surface area contributed by atoms with E-state index in [9.17, 15) is 9.36 Å². The van der Waals surface area contributed by atoms with Crippen LogP contribution in [0.1, 0.15) is 17.2 Å². The van der Waals surface area contributed by atoms with Gasteiger partial charge in [-0.1, -0.05) is 97.1 Å². The first-order chi connectivity index (χ1) is 16.5. The van der Waals surface area contributed by atoms with Crippen molar-refractivity contribution in [2.75, 3.05) is 0 Å². The Bertz CT molecular complexity index is 1150. The molecule has 0 aliphatic carbocycles. The zero-order valence-corrected chi connectivity index (χ0v) is 19.2. The van der Waals surface area contributed by atoms with Crippen molar-refractivity contribution in [2.45, 2.75) is 11.9 Å². The highest BCUT2D eigenvalue weighted by Gasteiger charge is 2.44. The molecule has 1 atom stereocenters. The average Bonchev–Trinajstić information content (AvgIpc) is 2.89. The molecule has 4 aromatic carbocycles. The number of benzene rings is 4. The highest BCUT2D eigenvalue weighted by molar-refractivity contribution is 7.56. The van der Waals surface area contributed by atoms with E-state index in [1.165, 1.54) is 0 Å². The lowest BCUT2D eigenvalue weighted by atomic mass is 10.0. The zero-order chi connectivity index (χ0) is 23.8. The molecule has 4 aromatic rings. The molecule has 0 spiro atoms. The Morgan fingerprint density at radius 2 is 0.971 bits per heavy atom. The smallest absolute Gasteiger partial charge is 0.451 e. The maximum atomic E-state index is 13.9. The van der Waals surface area contributed by atoms with Crippen molar-refractivity contribution >= 4 is 13.6 Å². The number of hydrogen-bond acceptors (Lipinski definition) is 6. The molecule has 172 valence electrons. The van der Waals surface area contributed by atoms with Gasteiger partial charge in [-0.2, -0.15) is 0 Å². The third-order valence-electron chi connectivity index (χ3n) is 4.97. The molecule has 2 N–H and O–H groups in total. The number of hydrogen-bond donors (Lipinski definition) is 1. The van der Waals surface area contributed by atoms with Crippen LogP contribution in [0.4, 0.5) is 0 Å². The SMILES string of the molecule is NC(C(=O)OC(c1ccccc1)c1ccccc1)P(=O)(Oc1ccccc1)Oc1ccccc1. The van der Waals surface area contributed by atoms with Crippen LogP contribution >= 0.6 is 7.60 Å². The van der Waals surface area contributed by atoms with Gasteiger partial charge in [-0.25, -0.2) is 9.36 Å². The van der Waals surface area contributed by atoms with Crippen molar-refractivity contribution in [3.05, 3.63) is 132 Å². The number of para-hydroxylation sites is 2. The Labute approximate surface area is 198 Å². The maximum Gasteiger partial charge on any atom is 0.458 e. The van der Waals surface area contributed by atoms with E-state index in [1.807, 2.05) is 60.7 Å². The van der Waals surface area contributed by atoms with E-state index >= 15 is 0 Å². The summed E-state index contributed by atoms with van der Waals surface area (Å²) in [6.45, 7) is 0. The molecule has 0 aliphatic rings. The highest BCUT2D eigenvalue weighted by atomic mass is 31.2. The van der Waals surface area contributed by atoms with E-state index in [1.54, 1.807) is 60.7 Å². The van der Waals surface area contributed by atoms with Gasteiger partial charge in [0.1, 0.15) is 11.5 Å². The summed E-state index contributed by atoms with van der Waals surface area (Å²) in [6.07, 6.45) is -0.747. The van der Waals surface area contributed by atoms with Crippen molar-refractivity contribution in [3.8, 4) is 11.5 Å². The van der Waals surface area contributed by atoms with Crippen LogP contribution in [0.2, 0.25) is 0 Å². The van der Waals surface area contributed by atoms with Gasteiger partial charge in [0.2, 0.25) is 5.78 Å². The molecule has 0 saturated heterocycles. The van der Waals surface area contributed by atoms with Crippen molar-refractivity contribution in [3.63, 3.8) is 0 Å². The minimum Gasteiger partial charge on any atom is -0.451 e. The van der Waals surface area contributed by atoms with E-state index < -0.39 is 25.5 Å². The summed E-state index contributed by atoms with van der Waals surface area (Å²) in [5.74, 6) is -2.09. The predicted octanol–water partition coefficient (Wildman–Crippen LogP) is 5.96. The Morgan fingerprint density at radius 3 is 1.35 bits per heavy atom. The minimum atomic E-state index is -4.25. The van der Waals surface area contributed by atoms with E-state index in [2.05, 4.69) is 0 Å². The molecule has 0 fully saturated rings. The fraction of sp³-hybridized carbons (Fsp3) is 0.0741. The second-order valence-corrected chi connectivity index (χ2v) is 9.43. The zero-order valence-electron chi connectivity index (χ0n) is 18.3. The minimum absolute atomic E-state index is 0.257. The van der Waals surface area contributed by atoms with Crippen molar-refractivity contribution in [2.24, 2.45) is 5.73 Å². The lowest BCUT2D eigenvalue weighted by Gasteiger charge is -2.26. The summed E-state index contributed by atoms with van der Waals surface area (Å²) in [6, 6.07) is 35.4. The number of carbonyl (C=O) groups is 1. The summed E-state index contributed by atoms with van der Waals surface area (Å²) in [5, 5.41) is 0. The fourth-order valence-corrected chi connectivity index (χ4v) is 4.70. The van der Waals surface area contributed by atoms with Gasteiger partial charge in [-0.3, -0.25) is 0 Å². The summed E-state index contributed by atoms with van der Waals surface area (Å²) in [4.78, 5) is 13.2. The first-order valence-corrected chi connectivity index (χ1v) is 12.3. The van der Waals surface area contributed by atoms with Crippen molar-refractivity contribution in [1.29, 1.82) is 0 Å². The number of ether oxygens (including phenoxy) is 1. The molecule has 0 radical (unpaired) electrons. The van der Waals surface area contributed by atoms with Gasteiger partial charge in [-0.05, 0) is 35.4 Å². The second kappa shape index (κ2) is 10.8. The summed E-state index contributed by atoms with van der Waals surface area (Å²) < 4.78 is 31.1. The number of rotatable bonds is 9. The lowest BCUT2D eigenvalue weighted by molar-refractivity contribution is -0.147. The topological polar surface area (TPSA) is 87.9 Å². The third-order valence-corrected chi connectivity index (χ3v) is 6.80. The molecule has 4 rings (SSSR count). The van der Waals surface area contributed by atoms with Crippen LogP contribution < -0.4 is 14.8 Å². The van der Waals surface area contributed by atoms with Crippen LogP contribution in [0.15, 0.2) is 121 Å². The molecule has 0 amide bonds. The molecule has 1 unspecified atom stereocenters. The molecule has 34 heavy (non-hydrogen) atoms. The summed E-state index contributed by atoms with van der Waals surface area (Å²) in [5.41, 5.74) is 7.70. The van der Waals surface area contributed by atoms with Crippen molar-refractivity contribution < 1.29 is 23.1 Å². The first kappa shape index (κ1) is 23.3. The molecule has 0 heterocycles. The number of esters is 1. The molecule has 0 aliphatic heterocycles. The molecule has 0 saturated carbocycles. The first-order valence-electron chi connectivity index (χ1n) is 10.7. The van der Waals surface area contributed by atoms with Gasteiger partial charge in [0.25, 0.3) is 0 Å². The molecule has 0 aromatic heterocycles. The van der Waals surface area contributed by atoms with Crippen LogP contribution in [0, 0.1) is 0 Å². The van der Waals surface area contributed by atoms with E-state index in [-0.39, 0.29) is 11.5 Å². The van der Waals surface area contributed by atoms with E-state index in [0.717, 1.165) is 11.1 Å². The second-order valence-electron chi connectivity index (χ2n) is 7.43. The molecular formula is C27H24NO5P. The van der Waals surface area contributed by atoms with Gasteiger partial charge in [0, 0.05) is 0 Å². The van der Waals surface area contributed by atoms with Crippen LogP contribution in [-0.2, 0) is 14.1 Å². The predicted molar refractivity (Wildman–Crippen MR) is 131 cm³/mol. The van der Waals surface area contributed by atoms with Crippen LogP contribution in [0.3, 0.4) is 0 Å². The van der Waals surface area contributed by atoms with Crippen LogP contribution in [-0.4, -0.2) is 11.8 Å². The molecule has 6 nitrogen and oxygen atoms in total. The van der Waals surface area contributed by atoms with Gasteiger partial charge in [0.05, 0.1) is 0 Å². The van der Waals surface area contributed by atoms with Crippen LogP contribution in [0.25, 0.3) is 0 Å². The van der Waals surface area contributed by atoms with Gasteiger partial charge in [0.15, 0.2) is 6.10 Å². The number of nitrogens with two attached hydrogens (primary N) is 1. The Balaban J connectivity index is 1.63. The van der Waals surface area contributed by atoms with Crippen LogP contribution in [0.5, 0.6) is 11.5 Å². The van der Waals surface area contributed by atoms with E-state index in [0.29, 0.717) is 0 Å². The largest absolute Gasteiger partial charge is 0.458 e. The average molecular weight is 473 g/mol. The summed E-state index contributed by atoms with van der Waals surface area (Å²) >= 11 is 0. The molecule has 7 heteroatoms. The standard InChI is InChI=1S/C27H24NO5P/c28-26(27(29)31-25(21-13-5-1-6-14-21)22-15-7-2-8-16-22)34(30,32-23-17-9-3-10-18-23)33-24-19-11-4-12-20-24/h1-20,25-26H,28H2. The normalized spacial score (nSPS) is 12.1. The number of carbonyl (C=O) groups excluding carboxylic acids is 1. The quantitative estimate of drug-likeness (QED) is 0.239. The van der Waals surface area contributed by atoms with Gasteiger partial charge in [-0.15, -0.1) is 0 Å². The Hall–Kier alpha value is -3.86. The Morgan fingerprint density at radius 1 is 0.618 bits per heavy atom. The van der Waals surface area contributed by atoms with Crippen molar-refractivity contribution in [1.82, 2.24) is 0 Å². The monoisotopic (exact) mass is 473 g/mol. The highest BCUT2D eigenvalue weighted by Crippen LogP contribution is 2.51. The fourth-order valence-electron chi connectivity index (χ4n) is 3.29. The third kappa shape index (κ3) is 5.73. The van der Waals surface area contributed by atoms with Gasteiger partial charge < -0.3 is 19.5 Å². The summed E-state index contributed by atoms with van der Waals surface area (Å²) in [7, 11) is -4.25. The maximum absolute atomic E-state index is 13.9. The Kier molecular flexibility index (Phi) is 7.43.